The number of carbonyl (C=O) groups excluding carboxylic acids is 2. The van der Waals surface area contributed by atoms with Gasteiger partial charge in [0.1, 0.15) is 12.3 Å². The lowest BCUT2D eigenvalue weighted by Crippen LogP contribution is -2.45. The van der Waals surface area contributed by atoms with Gasteiger partial charge >= 0.3 is 0 Å². The van der Waals surface area contributed by atoms with E-state index in [1.165, 1.54) is 4.90 Å². The van der Waals surface area contributed by atoms with Gasteiger partial charge in [-0.25, -0.2) is 0 Å². The van der Waals surface area contributed by atoms with Crippen LogP contribution in [0.5, 0.6) is 5.75 Å². The summed E-state index contributed by atoms with van der Waals surface area (Å²) in [6.45, 7) is 1.68. The standard InChI is InChI=1S/C18H16Cl2N2O3/c1-11(12-6-7-13(19)14(20)8-12)21-17(23)9-22-15-4-2-3-5-16(15)25-10-18(22)24/h2-8,11H,9-10H2,1H3,(H,21,23)/t11-/m0/s1. The molecule has 1 N–H and O–H groups in total. The first-order chi connectivity index (χ1) is 12.0. The van der Waals surface area contributed by atoms with Crippen molar-refractivity contribution < 1.29 is 14.3 Å². The summed E-state index contributed by atoms with van der Waals surface area (Å²) >= 11 is 11.9. The molecule has 3 rings (SSSR count). The summed E-state index contributed by atoms with van der Waals surface area (Å²) in [4.78, 5) is 25.9. The molecule has 0 saturated heterocycles. The van der Waals surface area contributed by atoms with Crippen molar-refractivity contribution in [3.63, 3.8) is 0 Å². The maximum Gasteiger partial charge on any atom is 0.265 e. The highest BCUT2D eigenvalue weighted by molar-refractivity contribution is 6.42. The van der Waals surface area contributed by atoms with E-state index in [2.05, 4.69) is 5.32 Å². The molecule has 2 amide bonds. The van der Waals surface area contributed by atoms with Crippen LogP contribution in [0.3, 0.4) is 0 Å². The van der Waals surface area contributed by atoms with Gasteiger partial charge < -0.3 is 10.1 Å². The first-order valence-corrected chi connectivity index (χ1v) is 8.48. The molecular weight excluding hydrogens is 363 g/mol. The summed E-state index contributed by atoms with van der Waals surface area (Å²) in [7, 11) is 0. The molecule has 0 aromatic heterocycles. The van der Waals surface area contributed by atoms with Crippen LogP contribution in [0.4, 0.5) is 5.69 Å². The van der Waals surface area contributed by atoms with Gasteiger partial charge in [0.15, 0.2) is 6.61 Å². The van der Waals surface area contributed by atoms with Crippen LogP contribution in [0, 0.1) is 0 Å². The van der Waals surface area contributed by atoms with E-state index in [1.54, 1.807) is 36.4 Å². The fourth-order valence-corrected chi connectivity index (χ4v) is 2.93. The number of carbonyl (C=O) groups is 2. The summed E-state index contributed by atoms with van der Waals surface area (Å²) < 4.78 is 5.37. The van der Waals surface area contributed by atoms with Crippen molar-refractivity contribution in [2.75, 3.05) is 18.1 Å². The molecule has 0 fully saturated rings. The number of halogens is 2. The molecule has 0 bridgehead atoms. The van der Waals surface area contributed by atoms with Crippen molar-refractivity contribution in [1.29, 1.82) is 0 Å². The Hall–Kier alpha value is -2.24. The van der Waals surface area contributed by atoms with Gasteiger partial charge in [-0.2, -0.15) is 0 Å². The molecule has 130 valence electrons. The van der Waals surface area contributed by atoms with Crippen LogP contribution in [0.1, 0.15) is 18.5 Å². The second-order valence-corrected chi connectivity index (χ2v) is 6.51. The number of nitrogens with one attached hydrogen (secondary N) is 1. The number of hydrogen-bond acceptors (Lipinski definition) is 3. The number of para-hydroxylation sites is 2. The van der Waals surface area contributed by atoms with E-state index in [4.69, 9.17) is 27.9 Å². The number of rotatable bonds is 4. The van der Waals surface area contributed by atoms with E-state index in [9.17, 15) is 9.59 Å². The highest BCUT2D eigenvalue weighted by Crippen LogP contribution is 2.31. The number of fused-ring (bicyclic) bond motifs is 1. The van der Waals surface area contributed by atoms with E-state index in [1.807, 2.05) is 13.0 Å². The Kier molecular flexibility index (Phi) is 5.16. The Bertz CT molecular complexity index is 826. The molecule has 0 saturated carbocycles. The summed E-state index contributed by atoms with van der Waals surface area (Å²) in [5, 5.41) is 3.75. The molecule has 1 atom stereocenters. The highest BCUT2D eigenvalue weighted by atomic mass is 35.5. The molecule has 0 aliphatic carbocycles. The van der Waals surface area contributed by atoms with E-state index in [0.29, 0.717) is 21.5 Å². The van der Waals surface area contributed by atoms with Gasteiger partial charge in [0.25, 0.3) is 5.91 Å². The molecule has 2 aromatic carbocycles. The van der Waals surface area contributed by atoms with Gasteiger partial charge in [0, 0.05) is 0 Å². The van der Waals surface area contributed by atoms with E-state index in [-0.39, 0.29) is 31.0 Å². The van der Waals surface area contributed by atoms with Crippen molar-refractivity contribution in [3.05, 3.63) is 58.1 Å². The highest BCUT2D eigenvalue weighted by Gasteiger charge is 2.27. The lowest BCUT2D eigenvalue weighted by Gasteiger charge is -2.29. The van der Waals surface area contributed by atoms with Crippen LogP contribution in [-0.4, -0.2) is 25.0 Å². The molecule has 1 aliphatic rings. The van der Waals surface area contributed by atoms with Gasteiger partial charge in [0.05, 0.1) is 21.8 Å². The Morgan fingerprint density at radius 3 is 2.76 bits per heavy atom. The second kappa shape index (κ2) is 7.33. The number of anilines is 1. The van der Waals surface area contributed by atoms with Crippen molar-refractivity contribution in [2.24, 2.45) is 0 Å². The molecular formula is C18H16Cl2N2O3. The first-order valence-electron chi connectivity index (χ1n) is 7.72. The molecule has 25 heavy (non-hydrogen) atoms. The molecule has 7 heteroatoms. The van der Waals surface area contributed by atoms with Gasteiger partial charge in [-0.3, -0.25) is 14.5 Å². The van der Waals surface area contributed by atoms with Gasteiger partial charge in [-0.15, -0.1) is 0 Å². The van der Waals surface area contributed by atoms with Crippen LogP contribution in [0.15, 0.2) is 42.5 Å². The normalized spacial score (nSPS) is 14.5. The number of amides is 2. The van der Waals surface area contributed by atoms with Crippen LogP contribution >= 0.6 is 23.2 Å². The fraction of sp³-hybridized carbons (Fsp3) is 0.222. The van der Waals surface area contributed by atoms with Crippen LogP contribution < -0.4 is 15.0 Å². The number of ether oxygens (including phenoxy) is 1. The predicted octanol–water partition coefficient (Wildman–Crippen LogP) is 3.60. The van der Waals surface area contributed by atoms with Crippen LogP contribution in [0.2, 0.25) is 10.0 Å². The monoisotopic (exact) mass is 378 g/mol. The summed E-state index contributed by atoms with van der Waals surface area (Å²) in [6, 6.07) is 12.1. The van der Waals surface area contributed by atoms with Crippen molar-refractivity contribution >= 4 is 40.7 Å². The largest absolute Gasteiger partial charge is 0.482 e. The van der Waals surface area contributed by atoms with Crippen molar-refractivity contribution in [1.82, 2.24) is 5.32 Å². The van der Waals surface area contributed by atoms with E-state index in [0.717, 1.165) is 5.56 Å². The van der Waals surface area contributed by atoms with E-state index < -0.39 is 0 Å². The molecule has 1 aliphatic heterocycles. The number of nitrogens with zero attached hydrogens (tertiary/aromatic N) is 1. The molecule has 2 aromatic rings. The third-order valence-corrected chi connectivity index (χ3v) is 4.67. The average Bonchev–Trinajstić information content (AvgIpc) is 2.59. The molecule has 0 unspecified atom stereocenters. The average molecular weight is 379 g/mol. The summed E-state index contributed by atoms with van der Waals surface area (Å²) in [5.74, 6) is 0.0621. The topological polar surface area (TPSA) is 58.6 Å². The molecule has 1 heterocycles. The Morgan fingerprint density at radius 1 is 1.24 bits per heavy atom. The first kappa shape index (κ1) is 17.6. The third kappa shape index (κ3) is 3.89. The number of hydrogen-bond donors (Lipinski definition) is 1. The maximum absolute atomic E-state index is 12.4. The van der Waals surface area contributed by atoms with Crippen molar-refractivity contribution in [3.8, 4) is 5.75 Å². The molecule has 0 spiro atoms. The minimum atomic E-state index is -0.274. The number of benzene rings is 2. The SMILES string of the molecule is C[C@H](NC(=O)CN1C(=O)COc2ccccc21)c1ccc(Cl)c(Cl)c1. The van der Waals surface area contributed by atoms with Gasteiger partial charge in [-0.05, 0) is 36.8 Å². The zero-order valence-electron chi connectivity index (χ0n) is 13.5. The fourth-order valence-electron chi connectivity index (χ4n) is 2.62. The van der Waals surface area contributed by atoms with E-state index >= 15 is 0 Å². The maximum atomic E-state index is 12.4. The van der Waals surface area contributed by atoms with Crippen LogP contribution in [-0.2, 0) is 9.59 Å². The van der Waals surface area contributed by atoms with Crippen molar-refractivity contribution in [2.45, 2.75) is 13.0 Å². The smallest absolute Gasteiger partial charge is 0.265 e. The third-order valence-electron chi connectivity index (χ3n) is 3.93. The Morgan fingerprint density at radius 2 is 2.00 bits per heavy atom. The molecule has 5 nitrogen and oxygen atoms in total. The van der Waals surface area contributed by atoms with Gasteiger partial charge in [-0.1, -0.05) is 41.4 Å². The molecule has 0 radical (unpaired) electrons. The quantitative estimate of drug-likeness (QED) is 0.883. The van der Waals surface area contributed by atoms with Crippen LogP contribution in [0.25, 0.3) is 0 Å². The Labute approximate surface area is 155 Å². The zero-order valence-corrected chi connectivity index (χ0v) is 15.0. The summed E-state index contributed by atoms with van der Waals surface area (Å²) in [5.41, 5.74) is 1.42. The summed E-state index contributed by atoms with van der Waals surface area (Å²) in [6.07, 6.45) is 0. The Balaban J connectivity index is 1.70. The predicted molar refractivity (Wildman–Crippen MR) is 97.3 cm³/mol. The minimum absolute atomic E-state index is 0.0767. The zero-order chi connectivity index (χ0) is 18.0. The lowest BCUT2D eigenvalue weighted by atomic mass is 10.1. The van der Waals surface area contributed by atoms with Gasteiger partial charge in [0.2, 0.25) is 5.91 Å². The minimum Gasteiger partial charge on any atom is -0.482 e. The second-order valence-electron chi connectivity index (χ2n) is 5.70. The lowest BCUT2D eigenvalue weighted by molar-refractivity contribution is -0.125.